The van der Waals surface area contributed by atoms with Crippen LogP contribution in [0.15, 0.2) is 5.10 Å². The minimum Gasteiger partial charge on any atom is -0.377 e. The summed E-state index contributed by atoms with van der Waals surface area (Å²) in [7, 11) is 0. The van der Waals surface area contributed by atoms with E-state index in [9.17, 15) is 0 Å². The van der Waals surface area contributed by atoms with Crippen molar-refractivity contribution in [3.05, 3.63) is 0 Å². The lowest BCUT2D eigenvalue weighted by Crippen LogP contribution is -2.10. The van der Waals surface area contributed by atoms with Crippen LogP contribution in [0.4, 0.5) is 0 Å². The molecule has 0 saturated carbocycles. The first kappa shape index (κ1) is 9.62. The van der Waals surface area contributed by atoms with Crippen LogP contribution in [0.5, 0.6) is 0 Å². The molecule has 0 spiro atoms. The first-order chi connectivity index (χ1) is 4.66. The fraction of sp³-hybridized carbons (Fsp3) is 0.833. The van der Waals surface area contributed by atoms with E-state index in [2.05, 4.69) is 18.9 Å². The van der Waals surface area contributed by atoms with Gasteiger partial charge < -0.3 is 11.6 Å². The summed E-state index contributed by atoms with van der Waals surface area (Å²) in [6.07, 6.45) is 1.15. The second kappa shape index (κ2) is 5.41. The molecule has 0 amide bonds. The minimum atomic E-state index is 0.473. The van der Waals surface area contributed by atoms with E-state index in [4.69, 9.17) is 11.6 Å². The van der Waals surface area contributed by atoms with Crippen LogP contribution in [-0.4, -0.2) is 10.9 Å². The smallest absolute Gasteiger partial charge is 0.177 e. The monoisotopic (exact) mass is 161 g/mol. The van der Waals surface area contributed by atoms with Gasteiger partial charge in [-0.05, 0) is 12.3 Å². The number of hydrogen-bond donors (Lipinski definition) is 2. The standard InChI is InChI=1S/C6H15N3S/c1-5(2)3-4-10-6(7)9-8/h5H,3-4,8H2,1-2H3,(H2,7,9). The van der Waals surface area contributed by atoms with Crippen molar-refractivity contribution >= 4 is 16.9 Å². The predicted octanol–water partition coefficient (Wildman–Crippen LogP) is 0.954. The van der Waals surface area contributed by atoms with E-state index in [-0.39, 0.29) is 0 Å². The highest BCUT2D eigenvalue weighted by molar-refractivity contribution is 8.13. The Kier molecular flexibility index (Phi) is 5.20. The highest BCUT2D eigenvalue weighted by atomic mass is 32.2. The maximum absolute atomic E-state index is 5.35. The zero-order chi connectivity index (χ0) is 7.98. The molecule has 0 aliphatic carbocycles. The summed E-state index contributed by atoms with van der Waals surface area (Å²) in [5.41, 5.74) is 5.35. The molecule has 0 aromatic carbocycles. The number of rotatable bonds is 3. The van der Waals surface area contributed by atoms with Crippen molar-refractivity contribution < 1.29 is 0 Å². The molecule has 4 heteroatoms. The van der Waals surface area contributed by atoms with E-state index >= 15 is 0 Å². The summed E-state index contributed by atoms with van der Waals surface area (Å²) in [6, 6.07) is 0. The summed E-state index contributed by atoms with van der Waals surface area (Å²) in [4.78, 5) is 0. The van der Waals surface area contributed by atoms with E-state index in [1.54, 1.807) is 0 Å². The van der Waals surface area contributed by atoms with Gasteiger partial charge in [0.1, 0.15) is 0 Å². The topological polar surface area (TPSA) is 64.4 Å². The lowest BCUT2D eigenvalue weighted by molar-refractivity contribution is 0.632. The van der Waals surface area contributed by atoms with Gasteiger partial charge in [0.15, 0.2) is 5.17 Å². The van der Waals surface area contributed by atoms with Crippen molar-refractivity contribution in [1.82, 2.24) is 0 Å². The average Bonchev–Trinajstić information content (AvgIpc) is 1.87. The summed E-state index contributed by atoms with van der Waals surface area (Å²) >= 11 is 1.51. The molecule has 0 atom stereocenters. The van der Waals surface area contributed by atoms with Crippen LogP contribution in [0.3, 0.4) is 0 Å². The molecule has 0 radical (unpaired) electrons. The van der Waals surface area contributed by atoms with E-state index in [0.717, 1.165) is 18.1 Å². The molecular weight excluding hydrogens is 146 g/mol. The lowest BCUT2D eigenvalue weighted by atomic mass is 10.2. The molecule has 0 aliphatic heterocycles. The molecule has 0 rings (SSSR count). The molecule has 10 heavy (non-hydrogen) atoms. The number of nitrogens with two attached hydrogens (primary N) is 2. The van der Waals surface area contributed by atoms with E-state index in [1.165, 1.54) is 11.8 Å². The second-order valence-corrected chi connectivity index (χ2v) is 3.61. The van der Waals surface area contributed by atoms with Crippen LogP contribution >= 0.6 is 11.8 Å². The molecule has 0 fully saturated rings. The van der Waals surface area contributed by atoms with Gasteiger partial charge in [0.2, 0.25) is 0 Å². The predicted molar refractivity (Wildman–Crippen MR) is 47.7 cm³/mol. The number of hydrazone groups is 1. The van der Waals surface area contributed by atoms with Gasteiger partial charge in [-0.15, -0.1) is 0 Å². The zero-order valence-corrected chi connectivity index (χ0v) is 7.32. The van der Waals surface area contributed by atoms with Crippen molar-refractivity contribution in [1.29, 1.82) is 0 Å². The third-order valence-corrected chi connectivity index (χ3v) is 1.91. The van der Waals surface area contributed by atoms with Crippen LogP contribution in [0, 0.1) is 5.92 Å². The van der Waals surface area contributed by atoms with E-state index < -0.39 is 0 Å². The van der Waals surface area contributed by atoms with Crippen LogP contribution in [0.2, 0.25) is 0 Å². The maximum Gasteiger partial charge on any atom is 0.177 e. The third kappa shape index (κ3) is 5.75. The number of hydrogen-bond acceptors (Lipinski definition) is 3. The van der Waals surface area contributed by atoms with Crippen molar-refractivity contribution in [2.24, 2.45) is 22.6 Å². The average molecular weight is 161 g/mol. The summed E-state index contributed by atoms with van der Waals surface area (Å²) in [6.45, 7) is 4.35. The van der Waals surface area contributed by atoms with Crippen LogP contribution in [0.1, 0.15) is 20.3 Å². The quantitative estimate of drug-likeness (QED) is 0.280. The number of amidine groups is 1. The second-order valence-electron chi connectivity index (χ2n) is 2.50. The SMILES string of the molecule is CC(C)CCS/C(N)=N/N. The van der Waals surface area contributed by atoms with Crippen LogP contribution < -0.4 is 11.6 Å². The highest BCUT2D eigenvalue weighted by Crippen LogP contribution is 2.07. The van der Waals surface area contributed by atoms with E-state index in [0.29, 0.717) is 5.17 Å². The zero-order valence-electron chi connectivity index (χ0n) is 6.50. The van der Waals surface area contributed by atoms with Crippen molar-refractivity contribution in [2.45, 2.75) is 20.3 Å². The fourth-order valence-electron chi connectivity index (χ4n) is 0.436. The summed E-state index contributed by atoms with van der Waals surface area (Å²) in [5, 5.41) is 3.82. The Labute approximate surface area is 66.2 Å². The Morgan fingerprint density at radius 2 is 2.20 bits per heavy atom. The normalized spacial score (nSPS) is 12.5. The molecule has 0 aromatic rings. The Morgan fingerprint density at radius 1 is 1.60 bits per heavy atom. The summed E-state index contributed by atoms with van der Waals surface area (Å²) < 4.78 is 0. The molecule has 3 nitrogen and oxygen atoms in total. The molecule has 0 aliphatic rings. The number of nitrogens with zero attached hydrogens (tertiary/aromatic N) is 1. The largest absolute Gasteiger partial charge is 0.377 e. The van der Waals surface area contributed by atoms with Gasteiger partial charge in [-0.2, -0.15) is 5.10 Å². The van der Waals surface area contributed by atoms with Crippen molar-refractivity contribution in [2.75, 3.05) is 5.75 Å². The van der Waals surface area contributed by atoms with Gasteiger partial charge in [0.25, 0.3) is 0 Å². The Bertz CT molecular complexity index is 112. The third-order valence-electron chi connectivity index (χ3n) is 1.07. The van der Waals surface area contributed by atoms with Crippen LogP contribution in [-0.2, 0) is 0 Å². The maximum atomic E-state index is 5.35. The van der Waals surface area contributed by atoms with Gasteiger partial charge in [0, 0.05) is 5.75 Å². The molecule has 0 bridgehead atoms. The fourth-order valence-corrected chi connectivity index (χ4v) is 1.31. The number of thioether (sulfide) groups is 1. The first-order valence-electron chi connectivity index (χ1n) is 3.33. The molecule has 0 unspecified atom stereocenters. The first-order valence-corrected chi connectivity index (χ1v) is 4.31. The highest BCUT2D eigenvalue weighted by Gasteiger charge is 1.95. The Balaban J connectivity index is 3.20. The van der Waals surface area contributed by atoms with Crippen molar-refractivity contribution in [3.63, 3.8) is 0 Å². The van der Waals surface area contributed by atoms with Gasteiger partial charge in [-0.1, -0.05) is 25.6 Å². The Hall–Kier alpha value is -0.380. The molecular formula is C6H15N3S. The molecule has 0 aromatic heterocycles. The lowest BCUT2D eigenvalue weighted by Gasteiger charge is -2.01. The molecule has 60 valence electrons. The van der Waals surface area contributed by atoms with Gasteiger partial charge >= 0.3 is 0 Å². The van der Waals surface area contributed by atoms with Gasteiger partial charge in [0.05, 0.1) is 0 Å². The van der Waals surface area contributed by atoms with E-state index in [1.807, 2.05) is 0 Å². The minimum absolute atomic E-state index is 0.473. The molecule has 4 N–H and O–H groups in total. The van der Waals surface area contributed by atoms with Gasteiger partial charge in [-0.3, -0.25) is 0 Å². The van der Waals surface area contributed by atoms with Gasteiger partial charge in [-0.25, -0.2) is 0 Å². The summed E-state index contributed by atoms with van der Waals surface area (Å²) in [5.74, 6) is 6.66. The molecule has 0 heterocycles. The molecule has 0 saturated heterocycles. The van der Waals surface area contributed by atoms with Crippen LogP contribution in [0.25, 0.3) is 0 Å². The Morgan fingerprint density at radius 3 is 2.60 bits per heavy atom. The van der Waals surface area contributed by atoms with Crippen molar-refractivity contribution in [3.8, 4) is 0 Å².